The van der Waals surface area contributed by atoms with Crippen molar-refractivity contribution in [1.82, 2.24) is 0 Å². The molecule has 2 rings (SSSR count). The van der Waals surface area contributed by atoms with Crippen LogP contribution in [0, 0.1) is 29.6 Å². The number of nitrogens with one attached hydrogen (secondary N) is 1. The highest BCUT2D eigenvalue weighted by molar-refractivity contribution is 6.10. The van der Waals surface area contributed by atoms with E-state index in [9.17, 15) is 4.79 Å². The maximum atomic E-state index is 11.3. The number of nitriles is 2. The maximum absolute atomic E-state index is 11.3. The number of rotatable bonds is 2. The van der Waals surface area contributed by atoms with Crippen LogP contribution in [0.25, 0.3) is 11.0 Å². The van der Waals surface area contributed by atoms with E-state index in [1.807, 2.05) is 6.92 Å². The Morgan fingerprint density at radius 3 is 2.74 bits per heavy atom. The lowest BCUT2D eigenvalue weighted by atomic mass is 10.1. The minimum atomic E-state index is -0.430. The van der Waals surface area contributed by atoms with Gasteiger partial charge in [0, 0.05) is 17.5 Å². The molecule has 92 valence electrons. The Kier molecular flexibility index (Phi) is 3.26. The Bertz CT molecular complexity index is 790. The van der Waals surface area contributed by atoms with Crippen LogP contribution >= 0.6 is 0 Å². The van der Waals surface area contributed by atoms with Gasteiger partial charge in [0.1, 0.15) is 17.7 Å². The monoisotopic (exact) mass is 252 g/mol. The predicted octanol–water partition coefficient (Wildman–Crippen LogP) is 1.92. The van der Waals surface area contributed by atoms with Gasteiger partial charge in [-0.2, -0.15) is 15.6 Å². The van der Waals surface area contributed by atoms with Crippen molar-refractivity contribution in [3.05, 3.63) is 40.2 Å². The van der Waals surface area contributed by atoms with Crippen molar-refractivity contribution < 1.29 is 4.42 Å². The molecular formula is C13H8N4O2. The fourth-order valence-electron chi connectivity index (χ4n) is 1.59. The second-order valence-corrected chi connectivity index (χ2v) is 3.76. The highest BCUT2D eigenvalue weighted by atomic mass is 16.4. The first kappa shape index (κ1) is 12.3. The molecule has 1 aromatic heterocycles. The minimum Gasteiger partial charge on any atom is -0.423 e. The number of hydrazone groups is 1. The molecule has 1 N–H and O–H groups in total. The van der Waals surface area contributed by atoms with Crippen LogP contribution in [0.15, 0.2) is 38.6 Å². The number of benzene rings is 1. The van der Waals surface area contributed by atoms with E-state index in [2.05, 4.69) is 10.5 Å². The Morgan fingerprint density at radius 1 is 1.32 bits per heavy atom. The summed E-state index contributed by atoms with van der Waals surface area (Å²) in [5.41, 5.74) is 3.59. The molecule has 2 aromatic rings. The minimum absolute atomic E-state index is 0.286. The summed E-state index contributed by atoms with van der Waals surface area (Å²) in [4.78, 5) is 11.3. The Hall–Kier alpha value is -3.12. The van der Waals surface area contributed by atoms with Crippen molar-refractivity contribution in [2.45, 2.75) is 6.92 Å². The van der Waals surface area contributed by atoms with Crippen molar-refractivity contribution in [2.24, 2.45) is 5.10 Å². The molecule has 0 aliphatic carbocycles. The zero-order chi connectivity index (χ0) is 13.8. The number of nitrogens with zero attached hydrogens (tertiary/aromatic N) is 3. The van der Waals surface area contributed by atoms with E-state index < -0.39 is 5.63 Å². The summed E-state index contributed by atoms with van der Waals surface area (Å²) in [6.07, 6.45) is 0. The van der Waals surface area contributed by atoms with Gasteiger partial charge >= 0.3 is 5.63 Å². The van der Waals surface area contributed by atoms with E-state index >= 15 is 0 Å². The Balaban J connectivity index is 2.44. The predicted molar refractivity (Wildman–Crippen MR) is 69.5 cm³/mol. The van der Waals surface area contributed by atoms with Crippen LogP contribution in [-0.4, -0.2) is 5.71 Å². The van der Waals surface area contributed by atoms with Crippen LogP contribution < -0.4 is 11.1 Å². The van der Waals surface area contributed by atoms with E-state index in [1.54, 1.807) is 30.3 Å². The molecule has 0 saturated carbocycles. The largest absolute Gasteiger partial charge is 0.423 e. The summed E-state index contributed by atoms with van der Waals surface area (Å²) in [5.74, 6) is 0. The van der Waals surface area contributed by atoms with Gasteiger partial charge in [0.25, 0.3) is 0 Å². The van der Waals surface area contributed by atoms with Gasteiger partial charge in [-0.25, -0.2) is 4.79 Å². The van der Waals surface area contributed by atoms with Crippen molar-refractivity contribution in [2.75, 3.05) is 5.43 Å². The third-order valence-electron chi connectivity index (χ3n) is 2.46. The van der Waals surface area contributed by atoms with Crippen LogP contribution in [0.3, 0.4) is 0 Å². The van der Waals surface area contributed by atoms with Crippen molar-refractivity contribution in [1.29, 1.82) is 10.5 Å². The average Bonchev–Trinajstić information content (AvgIpc) is 2.39. The fraction of sp³-hybridized carbons (Fsp3) is 0.0769. The summed E-state index contributed by atoms with van der Waals surface area (Å²) in [5, 5.41) is 21.5. The molecule has 1 aromatic carbocycles. The number of hydrogen-bond donors (Lipinski definition) is 1. The molecule has 0 spiro atoms. The van der Waals surface area contributed by atoms with Gasteiger partial charge in [0.2, 0.25) is 5.71 Å². The summed E-state index contributed by atoms with van der Waals surface area (Å²) >= 11 is 0. The second kappa shape index (κ2) is 5.03. The van der Waals surface area contributed by atoms with Gasteiger partial charge in [-0.3, -0.25) is 5.43 Å². The summed E-state index contributed by atoms with van der Waals surface area (Å²) in [6.45, 7) is 1.81. The molecule has 0 unspecified atom stereocenters. The van der Waals surface area contributed by atoms with Gasteiger partial charge in [-0.15, -0.1) is 0 Å². The molecule has 0 fully saturated rings. The lowest BCUT2D eigenvalue weighted by Gasteiger charge is -2.03. The quantitative estimate of drug-likeness (QED) is 0.499. The standard InChI is InChI=1S/C13H8N4O2/c1-8-4-13(18)19-12-5-9(2-3-11(8)12)16-17-10(6-14)7-15/h2-5,16H,1H3. The summed E-state index contributed by atoms with van der Waals surface area (Å²) < 4.78 is 5.07. The van der Waals surface area contributed by atoms with Crippen LogP contribution in [0.4, 0.5) is 5.69 Å². The van der Waals surface area contributed by atoms with E-state index in [4.69, 9.17) is 14.9 Å². The first-order valence-corrected chi connectivity index (χ1v) is 5.32. The number of fused-ring (bicyclic) bond motifs is 1. The van der Waals surface area contributed by atoms with E-state index in [-0.39, 0.29) is 5.71 Å². The topological polar surface area (TPSA) is 102 Å². The van der Waals surface area contributed by atoms with Gasteiger partial charge < -0.3 is 4.42 Å². The molecule has 0 atom stereocenters. The molecular weight excluding hydrogens is 244 g/mol. The summed E-state index contributed by atoms with van der Waals surface area (Å²) in [7, 11) is 0. The molecule has 0 amide bonds. The number of hydrogen-bond acceptors (Lipinski definition) is 6. The first-order chi connectivity index (χ1) is 9.13. The van der Waals surface area contributed by atoms with Gasteiger partial charge in [-0.1, -0.05) is 0 Å². The van der Waals surface area contributed by atoms with Crippen molar-refractivity contribution in [3.63, 3.8) is 0 Å². The van der Waals surface area contributed by atoms with Crippen LogP contribution in [-0.2, 0) is 0 Å². The normalized spacial score (nSPS) is 9.42. The highest BCUT2D eigenvalue weighted by Crippen LogP contribution is 2.20. The SMILES string of the molecule is Cc1cc(=O)oc2cc(NN=C(C#N)C#N)ccc12. The van der Waals surface area contributed by atoms with Gasteiger partial charge in [-0.05, 0) is 24.6 Å². The molecule has 0 aliphatic heterocycles. The molecule has 0 radical (unpaired) electrons. The summed E-state index contributed by atoms with van der Waals surface area (Å²) in [6, 6.07) is 9.74. The third-order valence-corrected chi connectivity index (χ3v) is 2.46. The molecule has 1 heterocycles. The van der Waals surface area contributed by atoms with Gasteiger partial charge in [0.15, 0.2) is 0 Å². The number of aryl methyl sites for hydroxylation is 1. The Labute approximate surface area is 108 Å². The first-order valence-electron chi connectivity index (χ1n) is 5.32. The average molecular weight is 252 g/mol. The number of anilines is 1. The van der Waals surface area contributed by atoms with Crippen molar-refractivity contribution in [3.8, 4) is 12.1 Å². The molecule has 0 aliphatic rings. The zero-order valence-corrected chi connectivity index (χ0v) is 9.97. The van der Waals surface area contributed by atoms with E-state index in [0.717, 1.165) is 10.9 Å². The van der Waals surface area contributed by atoms with Crippen LogP contribution in [0.5, 0.6) is 0 Å². The lowest BCUT2D eigenvalue weighted by molar-refractivity contribution is 0.560. The lowest BCUT2D eigenvalue weighted by Crippen LogP contribution is -1.99. The van der Waals surface area contributed by atoms with E-state index in [0.29, 0.717) is 11.3 Å². The fourth-order valence-corrected chi connectivity index (χ4v) is 1.59. The van der Waals surface area contributed by atoms with Gasteiger partial charge in [0.05, 0.1) is 5.69 Å². The van der Waals surface area contributed by atoms with E-state index in [1.165, 1.54) is 6.07 Å². The second-order valence-electron chi connectivity index (χ2n) is 3.76. The Morgan fingerprint density at radius 2 is 2.05 bits per heavy atom. The third kappa shape index (κ3) is 2.59. The molecule has 0 saturated heterocycles. The molecule has 19 heavy (non-hydrogen) atoms. The molecule has 6 heteroatoms. The van der Waals surface area contributed by atoms with Crippen LogP contribution in [0.2, 0.25) is 0 Å². The maximum Gasteiger partial charge on any atom is 0.336 e. The molecule has 0 bridgehead atoms. The van der Waals surface area contributed by atoms with Crippen LogP contribution in [0.1, 0.15) is 5.56 Å². The van der Waals surface area contributed by atoms with Crippen molar-refractivity contribution >= 4 is 22.4 Å². The smallest absolute Gasteiger partial charge is 0.336 e. The highest BCUT2D eigenvalue weighted by Gasteiger charge is 2.03. The zero-order valence-electron chi connectivity index (χ0n) is 9.97. The molecule has 6 nitrogen and oxygen atoms in total.